The Bertz CT molecular complexity index is 934. The van der Waals surface area contributed by atoms with Crippen LogP contribution >= 0.6 is 11.3 Å². The van der Waals surface area contributed by atoms with E-state index in [1.54, 1.807) is 16.3 Å². The number of thiazole rings is 1. The summed E-state index contributed by atoms with van der Waals surface area (Å²) in [5.74, 6) is -0.228. The molecule has 2 fully saturated rings. The van der Waals surface area contributed by atoms with Crippen LogP contribution in [0.4, 0.5) is 13.2 Å². The van der Waals surface area contributed by atoms with Crippen molar-refractivity contribution in [1.29, 1.82) is 0 Å². The minimum absolute atomic E-state index is 0.0162. The first-order valence-corrected chi connectivity index (χ1v) is 10.6. The maximum atomic E-state index is 12.9. The van der Waals surface area contributed by atoms with Crippen molar-refractivity contribution in [2.45, 2.75) is 25.1 Å². The highest BCUT2D eigenvalue weighted by atomic mass is 32.1. The Hall–Kier alpha value is -2.46. The van der Waals surface area contributed by atoms with E-state index < -0.39 is 11.7 Å². The number of nitrogens with one attached hydrogen (secondary N) is 1. The van der Waals surface area contributed by atoms with Gasteiger partial charge in [-0.3, -0.25) is 14.5 Å². The molecule has 0 radical (unpaired) electrons. The summed E-state index contributed by atoms with van der Waals surface area (Å²) in [6, 6.07) is 5.26. The van der Waals surface area contributed by atoms with Gasteiger partial charge in [-0.25, -0.2) is 4.98 Å². The number of carbonyl (C=O) groups is 2. The van der Waals surface area contributed by atoms with Crippen LogP contribution in [-0.4, -0.2) is 65.4 Å². The lowest BCUT2D eigenvalue weighted by Crippen LogP contribution is -2.51. The molecule has 0 unspecified atom stereocenters. The van der Waals surface area contributed by atoms with E-state index in [-0.39, 0.29) is 17.5 Å². The van der Waals surface area contributed by atoms with Crippen LogP contribution in [0.25, 0.3) is 10.6 Å². The number of amides is 2. The number of hydrogen-bond acceptors (Lipinski definition) is 5. The van der Waals surface area contributed by atoms with Crippen molar-refractivity contribution in [3.63, 3.8) is 0 Å². The number of piperazine rings is 1. The quantitative estimate of drug-likeness (QED) is 0.780. The summed E-state index contributed by atoms with van der Waals surface area (Å²) in [4.78, 5) is 32.6. The maximum absolute atomic E-state index is 12.9. The van der Waals surface area contributed by atoms with Crippen molar-refractivity contribution in [2.75, 3.05) is 32.7 Å². The molecule has 4 rings (SSSR count). The number of carbonyl (C=O) groups excluding carboxylic acids is 2. The first-order valence-electron chi connectivity index (χ1n) is 9.74. The monoisotopic (exact) mass is 438 g/mol. The molecule has 30 heavy (non-hydrogen) atoms. The van der Waals surface area contributed by atoms with Crippen molar-refractivity contribution in [1.82, 2.24) is 20.1 Å². The van der Waals surface area contributed by atoms with Crippen LogP contribution < -0.4 is 5.32 Å². The number of aromatic nitrogens is 1. The smallest absolute Gasteiger partial charge is 0.352 e. The zero-order chi connectivity index (χ0) is 21.3. The molecule has 1 saturated heterocycles. The molecule has 10 heteroatoms. The summed E-state index contributed by atoms with van der Waals surface area (Å²) < 4.78 is 38.8. The Kier molecular flexibility index (Phi) is 5.79. The molecule has 2 aromatic rings. The van der Waals surface area contributed by atoms with Crippen molar-refractivity contribution >= 4 is 23.2 Å². The van der Waals surface area contributed by atoms with Crippen LogP contribution in [0.5, 0.6) is 0 Å². The van der Waals surface area contributed by atoms with Crippen LogP contribution in [-0.2, 0) is 11.0 Å². The number of hydrogen-bond donors (Lipinski definition) is 1. The largest absolute Gasteiger partial charge is 0.416 e. The summed E-state index contributed by atoms with van der Waals surface area (Å²) >= 11 is 1.15. The fraction of sp³-hybridized carbons (Fsp3) is 0.450. The van der Waals surface area contributed by atoms with E-state index in [1.165, 1.54) is 6.07 Å². The van der Waals surface area contributed by atoms with E-state index in [1.807, 2.05) is 4.90 Å². The highest BCUT2D eigenvalue weighted by molar-refractivity contribution is 7.13. The molecule has 160 valence electrons. The molecule has 1 aromatic carbocycles. The fourth-order valence-electron chi connectivity index (χ4n) is 3.31. The maximum Gasteiger partial charge on any atom is 0.416 e. The molecular weight excluding hydrogens is 417 g/mol. The molecule has 1 aromatic heterocycles. The van der Waals surface area contributed by atoms with Gasteiger partial charge < -0.3 is 10.2 Å². The topological polar surface area (TPSA) is 65.5 Å². The SMILES string of the molecule is O=C(CN1CCN(C(=O)c2csc(-c3cccc(C(F)(F)F)c3)n2)CC1)NC1CC1. The first kappa shape index (κ1) is 20.8. The molecular formula is C20H21F3N4O2S. The average Bonchev–Trinajstić information content (AvgIpc) is 3.38. The summed E-state index contributed by atoms with van der Waals surface area (Å²) in [6.45, 7) is 2.47. The van der Waals surface area contributed by atoms with Gasteiger partial charge in [0.15, 0.2) is 0 Å². The Balaban J connectivity index is 1.35. The minimum Gasteiger partial charge on any atom is -0.352 e. The predicted octanol–water partition coefficient (Wildman–Crippen LogP) is 2.87. The van der Waals surface area contributed by atoms with Crippen molar-refractivity contribution in [3.05, 3.63) is 40.9 Å². The van der Waals surface area contributed by atoms with Crippen LogP contribution in [0.1, 0.15) is 28.9 Å². The molecule has 0 bridgehead atoms. The Morgan fingerprint density at radius 3 is 2.57 bits per heavy atom. The highest BCUT2D eigenvalue weighted by Crippen LogP contribution is 2.33. The van der Waals surface area contributed by atoms with Gasteiger partial charge >= 0.3 is 6.18 Å². The van der Waals surface area contributed by atoms with Gasteiger partial charge in [-0.1, -0.05) is 12.1 Å². The molecule has 2 amide bonds. The van der Waals surface area contributed by atoms with Crippen molar-refractivity contribution < 1.29 is 22.8 Å². The molecule has 2 aliphatic rings. The van der Waals surface area contributed by atoms with Gasteiger partial charge in [0.2, 0.25) is 5.91 Å². The Morgan fingerprint density at radius 2 is 1.90 bits per heavy atom. The van der Waals surface area contributed by atoms with Gasteiger partial charge in [0.25, 0.3) is 5.91 Å². The van der Waals surface area contributed by atoms with E-state index in [2.05, 4.69) is 10.3 Å². The molecule has 1 aliphatic carbocycles. The third-order valence-corrected chi connectivity index (χ3v) is 6.02. The second-order valence-electron chi connectivity index (χ2n) is 7.53. The number of alkyl halides is 3. The van der Waals surface area contributed by atoms with Crippen LogP contribution in [0.2, 0.25) is 0 Å². The summed E-state index contributed by atoms with van der Waals surface area (Å²) in [6.07, 6.45) is -2.34. The van der Waals surface area contributed by atoms with Gasteiger partial charge in [-0.15, -0.1) is 11.3 Å². The van der Waals surface area contributed by atoms with Gasteiger partial charge in [0.1, 0.15) is 10.7 Å². The van der Waals surface area contributed by atoms with E-state index in [0.717, 1.165) is 36.3 Å². The van der Waals surface area contributed by atoms with E-state index in [0.29, 0.717) is 49.3 Å². The van der Waals surface area contributed by atoms with Gasteiger partial charge in [0, 0.05) is 43.2 Å². The number of rotatable bonds is 5. The van der Waals surface area contributed by atoms with Gasteiger partial charge in [-0.2, -0.15) is 13.2 Å². The molecule has 0 atom stereocenters. The lowest BCUT2D eigenvalue weighted by atomic mass is 10.1. The van der Waals surface area contributed by atoms with E-state index >= 15 is 0 Å². The van der Waals surface area contributed by atoms with Crippen LogP contribution in [0.15, 0.2) is 29.6 Å². The highest BCUT2D eigenvalue weighted by Gasteiger charge is 2.31. The second kappa shape index (κ2) is 8.35. The van der Waals surface area contributed by atoms with Crippen molar-refractivity contribution in [3.8, 4) is 10.6 Å². The van der Waals surface area contributed by atoms with Gasteiger partial charge in [0.05, 0.1) is 12.1 Å². The molecule has 1 aliphatic heterocycles. The molecule has 0 spiro atoms. The summed E-state index contributed by atoms with van der Waals surface area (Å²) in [7, 11) is 0. The standard InChI is InChI=1S/C20H21F3N4O2S/c21-20(22,23)14-3-1-2-13(10-14)18-25-16(12-30-18)19(29)27-8-6-26(7-9-27)11-17(28)24-15-4-5-15/h1-3,10,12,15H,4-9,11H2,(H,24,28). The third kappa shape index (κ3) is 4.99. The molecule has 2 heterocycles. The first-order chi connectivity index (χ1) is 14.3. The zero-order valence-electron chi connectivity index (χ0n) is 16.1. The van der Waals surface area contributed by atoms with Crippen LogP contribution in [0.3, 0.4) is 0 Å². The molecule has 1 saturated carbocycles. The Labute approximate surface area is 175 Å². The number of benzene rings is 1. The average molecular weight is 438 g/mol. The summed E-state index contributed by atoms with van der Waals surface area (Å²) in [5, 5.41) is 4.90. The summed E-state index contributed by atoms with van der Waals surface area (Å²) in [5.41, 5.74) is -0.183. The lowest BCUT2D eigenvalue weighted by molar-refractivity contribution is -0.137. The van der Waals surface area contributed by atoms with Gasteiger partial charge in [-0.05, 0) is 25.0 Å². The predicted molar refractivity (Wildman–Crippen MR) is 106 cm³/mol. The van der Waals surface area contributed by atoms with Crippen molar-refractivity contribution in [2.24, 2.45) is 0 Å². The normalized spacial score (nSPS) is 17.8. The number of halogens is 3. The van der Waals surface area contributed by atoms with E-state index in [9.17, 15) is 22.8 Å². The zero-order valence-corrected chi connectivity index (χ0v) is 16.9. The van der Waals surface area contributed by atoms with Crippen LogP contribution in [0, 0.1) is 0 Å². The van der Waals surface area contributed by atoms with E-state index in [4.69, 9.17) is 0 Å². The lowest BCUT2D eigenvalue weighted by Gasteiger charge is -2.33. The Morgan fingerprint density at radius 1 is 1.17 bits per heavy atom. The second-order valence-corrected chi connectivity index (χ2v) is 8.38. The number of nitrogens with zero attached hydrogens (tertiary/aromatic N) is 3. The molecule has 1 N–H and O–H groups in total. The third-order valence-electron chi connectivity index (χ3n) is 5.13. The minimum atomic E-state index is -4.43. The molecule has 6 nitrogen and oxygen atoms in total. The fourth-order valence-corrected chi connectivity index (χ4v) is 4.10.